The van der Waals surface area contributed by atoms with Gasteiger partial charge in [0.05, 0.1) is 17.4 Å². The minimum absolute atomic E-state index is 0.0484. The topological polar surface area (TPSA) is 81.3 Å². The third kappa shape index (κ3) is 2.88. The van der Waals surface area contributed by atoms with Crippen LogP contribution in [0.4, 0.5) is 5.69 Å². The molecule has 126 valence electrons. The first kappa shape index (κ1) is 16.1. The summed E-state index contributed by atoms with van der Waals surface area (Å²) in [6, 6.07) is 12.1. The minimum atomic E-state index is -0.882. The van der Waals surface area contributed by atoms with Crippen LogP contribution in [0.25, 0.3) is 22.0 Å². The number of hydrogen-bond acceptors (Lipinski definition) is 5. The molecule has 0 aliphatic carbocycles. The molecule has 0 amide bonds. The van der Waals surface area contributed by atoms with E-state index < -0.39 is 7.12 Å². The summed E-state index contributed by atoms with van der Waals surface area (Å²) in [7, 11) is -0.882. The Morgan fingerprint density at radius 1 is 1.20 bits per heavy atom. The van der Waals surface area contributed by atoms with E-state index in [4.69, 9.17) is 10.4 Å². The molecule has 3 N–H and O–H groups in total. The lowest BCUT2D eigenvalue weighted by atomic mass is 9.70. The zero-order valence-corrected chi connectivity index (χ0v) is 14.3. The summed E-state index contributed by atoms with van der Waals surface area (Å²) >= 11 is 0. The molecule has 3 aromatic rings. The number of aromatic nitrogens is 2. The van der Waals surface area contributed by atoms with Crippen LogP contribution in [0.2, 0.25) is 0 Å². The first-order valence-electron chi connectivity index (χ1n) is 8.50. The molecule has 0 saturated heterocycles. The standard InChI is InChI=1S/C19H20BN3O2/c1-11(2)19-9-14-4-3-12(7-16(14)20(24)25-19)13-5-6-15-17(21)10-22-23-18(15)8-13/h3-8,10-11,19,24H,9H2,1-2H3,(H2,21,23). The van der Waals surface area contributed by atoms with E-state index in [1.165, 1.54) is 0 Å². The molecular formula is C19H20BN3O2. The molecule has 1 atom stereocenters. The zero-order valence-electron chi connectivity index (χ0n) is 14.3. The second kappa shape index (κ2) is 6.13. The SMILES string of the molecule is CC(C)C1Cc2ccc(-c3ccc4c(N)cnnc4c3)cc2B(O)O1. The van der Waals surface area contributed by atoms with Gasteiger partial charge in [-0.3, -0.25) is 0 Å². The summed E-state index contributed by atoms with van der Waals surface area (Å²) in [6.45, 7) is 4.22. The van der Waals surface area contributed by atoms with Crippen LogP contribution in [0.15, 0.2) is 42.6 Å². The number of anilines is 1. The lowest BCUT2D eigenvalue weighted by Crippen LogP contribution is -2.47. The molecule has 4 rings (SSSR count). The Morgan fingerprint density at radius 3 is 2.76 bits per heavy atom. The van der Waals surface area contributed by atoms with Crippen LogP contribution in [0.5, 0.6) is 0 Å². The Balaban J connectivity index is 1.74. The van der Waals surface area contributed by atoms with Gasteiger partial charge in [0.2, 0.25) is 0 Å². The quantitative estimate of drug-likeness (QED) is 0.703. The zero-order chi connectivity index (χ0) is 17.6. The highest BCUT2D eigenvalue weighted by Gasteiger charge is 2.32. The summed E-state index contributed by atoms with van der Waals surface area (Å²) in [4.78, 5) is 0. The highest BCUT2D eigenvalue weighted by Crippen LogP contribution is 2.27. The van der Waals surface area contributed by atoms with Crippen molar-refractivity contribution in [2.45, 2.75) is 26.4 Å². The highest BCUT2D eigenvalue weighted by atomic mass is 16.5. The van der Waals surface area contributed by atoms with E-state index in [9.17, 15) is 5.02 Å². The van der Waals surface area contributed by atoms with Gasteiger partial charge in [0.25, 0.3) is 0 Å². The molecule has 0 saturated carbocycles. The molecule has 1 aliphatic rings. The Labute approximate surface area is 147 Å². The summed E-state index contributed by atoms with van der Waals surface area (Å²) in [6.07, 6.45) is 2.43. The van der Waals surface area contributed by atoms with E-state index in [0.29, 0.717) is 11.6 Å². The van der Waals surface area contributed by atoms with Crippen LogP contribution in [0, 0.1) is 5.92 Å². The van der Waals surface area contributed by atoms with Gasteiger partial charge in [-0.15, -0.1) is 0 Å². The van der Waals surface area contributed by atoms with Gasteiger partial charge >= 0.3 is 7.12 Å². The molecule has 0 bridgehead atoms. The van der Waals surface area contributed by atoms with Crippen LogP contribution in [0.1, 0.15) is 19.4 Å². The molecule has 6 heteroatoms. The molecule has 2 heterocycles. The molecule has 2 aromatic carbocycles. The fourth-order valence-electron chi connectivity index (χ4n) is 3.35. The average molecular weight is 333 g/mol. The molecule has 25 heavy (non-hydrogen) atoms. The maximum Gasteiger partial charge on any atom is 0.491 e. The first-order chi connectivity index (χ1) is 12.0. The molecule has 1 unspecified atom stereocenters. The van der Waals surface area contributed by atoms with Crippen molar-refractivity contribution in [2.24, 2.45) is 5.92 Å². The summed E-state index contributed by atoms with van der Waals surface area (Å²) in [5, 5.41) is 19.4. The fraction of sp³-hybridized carbons (Fsp3) is 0.263. The van der Waals surface area contributed by atoms with E-state index in [1.807, 2.05) is 24.3 Å². The summed E-state index contributed by atoms with van der Waals surface area (Å²) < 4.78 is 5.77. The van der Waals surface area contributed by atoms with Gasteiger partial charge in [-0.2, -0.15) is 10.2 Å². The average Bonchev–Trinajstić information content (AvgIpc) is 2.61. The van der Waals surface area contributed by atoms with Crippen LogP contribution in [0.3, 0.4) is 0 Å². The van der Waals surface area contributed by atoms with Gasteiger partial charge in [0, 0.05) is 11.5 Å². The van der Waals surface area contributed by atoms with E-state index >= 15 is 0 Å². The smallest absolute Gasteiger partial charge is 0.423 e. The van der Waals surface area contributed by atoms with E-state index in [2.05, 4.69) is 36.2 Å². The van der Waals surface area contributed by atoms with Crippen molar-refractivity contribution in [3.8, 4) is 11.1 Å². The van der Waals surface area contributed by atoms with Crippen molar-refractivity contribution in [1.29, 1.82) is 0 Å². The van der Waals surface area contributed by atoms with E-state index in [-0.39, 0.29) is 6.10 Å². The van der Waals surface area contributed by atoms with Crippen molar-refractivity contribution >= 4 is 29.2 Å². The third-order valence-corrected chi connectivity index (χ3v) is 4.88. The number of benzene rings is 2. The third-order valence-electron chi connectivity index (χ3n) is 4.88. The van der Waals surface area contributed by atoms with Crippen LogP contribution >= 0.6 is 0 Å². The number of hydrogen-bond donors (Lipinski definition) is 2. The van der Waals surface area contributed by atoms with Crippen molar-refractivity contribution in [3.63, 3.8) is 0 Å². The molecule has 1 aliphatic heterocycles. The van der Waals surface area contributed by atoms with Crippen LogP contribution < -0.4 is 11.2 Å². The predicted octanol–water partition coefficient (Wildman–Crippen LogP) is 2.16. The second-order valence-electron chi connectivity index (χ2n) is 6.92. The van der Waals surface area contributed by atoms with Crippen molar-refractivity contribution in [3.05, 3.63) is 48.2 Å². The molecule has 1 aromatic heterocycles. The lowest BCUT2D eigenvalue weighted by molar-refractivity contribution is 0.122. The van der Waals surface area contributed by atoms with E-state index in [1.54, 1.807) is 6.20 Å². The molecule has 0 radical (unpaired) electrons. The van der Waals surface area contributed by atoms with Gasteiger partial charge < -0.3 is 15.4 Å². The molecule has 0 fully saturated rings. The molecular weight excluding hydrogens is 313 g/mol. The Hall–Kier alpha value is -2.44. The lowest BCUT2D eigenvalue weighted by Gasteiger charge is -2.30. The van der Waals surface area contributed by atoms with Gasteiger partial charge in [-0.05, 0) is 46.6 Å². The van der Waals surface area contributed by atoms with Crippen molar-refractivity contribution in [2.75, 3.05) is 5.73 Å². The van der Waals surface area contributed by atoms with Gasteiger partial charge in [0.1, 0.15) is 0 Å². The second-order valence-corrected chi connectivity index (χ2v) is 6.92. The maximum absolute atomic E-state index is 10.4. The van der Waals surface area contributed by atoms with Gasteiger partial charge in [0.15, 0.2) is 0 Å². The number of nitrogens with two attached hydrogens (primary N) is 1. The fourth-order valence-corrected chi connectivity index (χ4v) is 3.35. The number of fused-ring (bicyclic) bond motifs is 2. The van der Waals surface area contributed by atoms with Gasteiger partial charge in [-0.25, -0.2) is 0 Å². The predicted molar refractivity (Wildman–Crippen MR) is 100 cm³/mol. The largest absolute Gasteiger partial charge is 0.491 e. The molecule has 5 nitrogen and oxygen atoms in total. The van der Waals surface area contributed by atoms with E-state index in [0.717, 1.165) is 39.5 Å². The number of nitrogens with zero attached hydrogens (tertiary/aromatic N) is 2. The van der Waals surface area contributed by atoms with Gasteiger partial charge in [-0.1, -0.05) is 38.1 Å². The monoisotopic (exact) mass is 333 g/mol. The molecule has 0 spiro atoms. The Kier molecular flexibility index (Phi) is 3.94. The van der Waals surface area contributed by atoms with Crippen LogP contribution in [-0.2, 0) is 11.1 Å². The van der Waals surface area contributed by atoms with Crippen molar-refractivity contribution < 1.29 is 9.68 Å². The van der Waals surface area contributed by atoms with Crippen LogP contribution in [-0.4, -0.2) is 28.4 Å². The normalized spacial score (nSPS) is 17.1. The minimum Gasteiger partial charge on any atom is -0.423 e. The Bertz CT molecular complexity index is 945. The highest BCUT2D eigenvalue weighted by molar-refractivity contribution is 6.61. The first-order valence-corrected chi connectivity index (χ1v) is 8.50. The maximum atomic E-state index is 10.4. The Morgan fingerprint density at radius 2 is 1.96 bits per heavy atom. The number of rotatable bonds is 2. The summed E-state index contributed by atoms with van der Waals surface area (Å²) in [5.74, 6) is 0.368. The summed E-state index contributed by atoms with van der Waals surface area (Å²) in [5.41, 5.74) is 11.3. The van der Waals surface area contributed by atoms with Crippen molar-refractivity contribution in [1.82, 2.24) is 10.2 Å². The number of nitrogen functional groups attached to an aromatic ring is 1.